The van der Waals surface area contributed by atoms with E-state index in [-0.39, 0.29) is 3.42 Å². The predicted octanol–water partition coefficient (Wildman–Crippen LogP) is 4.12. The van der Waals surface area contributed by atoms with Crippen molar-refractivity contribution < 1.29 is 4.74 Å². The number of hydrogen-bond donors (Lipinski definition) is 0. The summed E-state index contributed by atoms with van der Waals surface area (Å²) >= 11 is 2.48. The quantitative estimate of drug-likeness (QED) is 0.589. The SMILES string of the molecule is CC(C)(I)[C@@H]1CC[C@@H](c2ccccc2)O1. The van der Waals surface area contributed by atoms with E-state index < -0.39 is 0 Å². The molecule has 0 bridgehead atoms. The largest absolute Gasteiger partial charge is 0.369 e. The van der Waals surface area contributed by atoms with Gasteiger partial charge in [-0.15, -0.1) is 0 Å². The second-order valence-electron chi connectivity index (χ2n) is 4.67. The van der Waals surface area contributed by atoms with Gasteiger partial charge in [0.1, 0.15) is 0 Å². The highest BCUT2D eigenvalue weighted by Crippen LogP contribution is 2.40. The second-order valence-corrected chi connectivity index (χ2v) is 7.45. The van der Waals surface area contributed by atoms with Crippen molar-refractivity contribution >= 4 is 22.6 Å². The highest BCUT2D eigenvalue weighted by Gasteiger charge is 2.35. The summed E-state index contributed by atoms with van der Waals surface area (Å²) in [5.74, 6) is 0. The Morgan fingerprint density at radius 1 is 1.20 bits per heavy atom. The van der Waals surface area contributed by atoms with Gasteiger partial charge in [-0.25, -0.2) is 0 Å². The van der Waals surface area contributed by atoms with Crippen LogP contribution in [0, 0.1) is 0 Å². The first-order valence-electron chi connectivity index (χ1n) is 5.46. The van der Waals surface area contributed by atoms with E-state index in [1.807, 2.05) is 0 Å². The van der Waals surface area contributed by atoms with E-state index in [9.17, 15) is 0 Å². The molecule has 82 valence electrons. The zero-order valence-electron chi connectivity index (χ0n) is 9.24. The van der Waals surface area contributed by atoms with Gasteiger partial charge in [-0.1, -0.05) is 52.9 Å². The molecule has 1 heterocycles. The molecule has 2 atom stereocenters. The van der Waals surface area contributed by atoms with E-state index in [0.717, 1.165) is 6.42 Å². The molecule has 0 spiro atoms. The van der Waals surface area contributed by atoms with Crippen molar-refractivity contribution in [3.63, 3.8) is 0 Å². The molecule has 0 aromatic heterocycles. The molecule has 1 nitrogen and oxygen atoms in total. The molecule has 1 aliphatic rings. The van der Waals surface area contributed by atoms with Gasteiger partial charge in [0.05, 0.1) is 12.2 Å². The fourth-order valence-electron chi connectivity index (χ4n) is 2.06. The molecule has 1 fully saturated rings. The van der Waals surface area contributed by atoms with Gasteiger partial charge in [0.2, 0.25) is 0 Å². The van der Waals surface area contributed by atoms with Crippen molar-refractivity contribution in [1.82, 2.24) is 0 Å². The van der Waals surface area contributed by atoms with Crippen LogP contribution in [0.5, 0.6) is 0 Å². The van der Waals surface area contributed by atoms with Crippen LogP contribution >= 0.6 is 22.6 Å². The second kappa shape index (κ2) is 4.42. The smallest absolute Gasteiger partial charge is 0.0830 e. The molecule has 1 aromatic carbocycles. The van der Waals surface area contributed by atoms with Crippen LogP contribution in [0.4, 0.5) is 0 Å². The molecule has 15 heavy (non-hydrogen) atoms. The Morgan fingerprint density at radius 2 is 1.87 bits per heavy atom. The third-order valence-electron chi connectivity index (χ3n) is 2.96. The van der Waals surface area contributed by atoms with Crippen molar-refractivity contribution in [3.05, 3.63) is 35.9 Å². The molecular weight excluding hydrogens is 299 g/mol. The first-order valence-corrected chi connectivity index (χ1v) is 6.54. The van der Waals surface area contributed by atoms with E-state index in [2.05, 4.69) is 66.8 Å². The lowest BCUT2D eigenvalue weighted by Crippen LogP contribution is -2.28. The Hall–Kier alpha value is -0.0900. The first kappa shape index (κ1) is 11.4. The molecule has 0 radical (unpaired) electrons. The average molecular weight is 316 g/mol. The highest BCUT2D eigenvalue weighted by molar-refractivity contribution is 14.1. The third kappa shape index (κ3) is 2.72. The summed E-state index contributed by atoms with van der Waals surface area (Å²) in [6.07, 6.45) is 3.03. The molecule has 0 N–H and O–H groups in total. The zero-order valence-corrected chi connectivity index (χ0v) is 11.4. The van der Waals surface area contributed by atoms with E-state index in [1.165, 1.54) is 12.0 Å². The number of halogens is 1. The molecule has 1 aromatic rings. The summed E-state index contributed by atoms with van der Waals surface area (Å²) in [7, 11) is 0. The van der Waals surface area contributed by atoms with Crippen LogP contribution in [0.15, 0.2) is 30.3 Å². The fourth-order valence-corrected chi connectivity index (χ4v) is 2.51. The van der Waals surface area contributed by atoms with E-state index in [0.29, 0.717) is 12.2 Å². The van der Waals surface area contributed by atoms with E-state index in [4.69, 9.17) is 4.74 Å². The van der Waals surface area contributed by atoms with Gasteiger partial charge in [-0.2, -0.15) is 0 Å². The van der Waals surface area contributed by atoms with Crippen LogP contribution < -0.4 is 0 Å². The lowest BCUT2D eigenvalue weighted by Gasteiger charge is -2.25. The molecule has 1 saturated heterocycles. The van der Waals surface area contributed by atoms with Crippen molar-refractivity contribution in [2.24, 2.45) is 0 Å². The first-order chi connectivity index (χ1) is 7.07. The minimum Gasteiger partial charge on any atom is -0.369 e. The van der Waals surface area contributed by atoms with Crippen LogP contribution in [-0.4, -0.2) is 9.53 Å². The maximum absolute atomic E-state index is 6.10. The lowest BCUT2D eigenvalue weighted by molar-refractivity contribution is 0.0319. The van der Waals surface area contributed by atoms with Crippen LogP contribution in [0.2, 0.25) is 0 Å². The molecule has 0 unspecified atom stereocenters. The Kier molecular flexibility index (Phi) is 3.36. The zero-order chi connectivity index (χ0) is 10.9. The number of benzene rings is 1. The Morgan fingerprint density at radius 3 is 2.40 bits per heavy atom. The molecule has 0 saturated carbocycles. The normalized spacial score (nSPS) is 26.9. The number of ether oxygens (including phenoxy) is 1. The topological polar surface area (TPSA) is 9.23 Å². The third-order valence-corrected chi connectivity index (χ3v) is 3.65. The summed E-state index contributed by atoms with van der Waals surface area (Å²) < 4.78 is 6.34. The molecule has 2 heteroatoms. The molecule has 0 amide bonds. The average Bonchev–Trinajstić information content (AvgIpc) is 2.67. The molecule has 0 aliphatic carbocycles. The van der Waals surface area contributed by atoms with Crippen LogP contribution in [0.1, 0.15) is 38.4 Å². The monoisotopic (exact) mass is 316 g/mol. The Labute approximate surface area is 105 Å². The van der Waals surface area contributed by atoms with Gasteiger partial charge in [-0.3, -0.25) is 0 Å². The molecule has 1 aliphatic heterocycles. The summed E-state index contributed by atoms with van der Waals surface area (Å²) in [5.41, 5.74) is 1.32. The van der Waals surface area contributed by atoms with Gasteiger partial charge in [0, 0.05) is 3.42 Å². The molecular formula is C13H17IO. The van der Waals surface area contributed by atoms with E-state index >= 15 is 0 Å². The Balaban J connectivity index is 2.05. The van der Waals surface area contributed by atoms with Gasteiger partial charge >= 0.3 is 0 Å². The van der Waals surface area contributed by atoms with Gasteiger partial charge in [0.25, 0.3) is 0 Å². The van der Waals surface area contributed by atoms with Crippen LogP contribution in [0.25, 0.3) is 0 Å². The summed E-state index contributed by atoms with van der Waals surface area (Å²) in [6, 6.07) is 10.5. The van der Waals surface area contributed by atoms with Gasteiger partial charge < -0.3 is 4.74 Å². The maximum Gasteiger partial charge on any atom is 0.0830 e. The Bertz CT molecular complexity index is 315. The van der Waals surface area contributed by atoms with Crippen LogP contribution in [-0.2, 0) is 4.74 Å². The fraction of sp³-hybridized carbons (Fsp3) is 0.538. The van der Waals surface area contributed by atoms with Crippen molar-refractivity contribution in [2.75, 3.05) is 0 Å². The predicted molar refractivity (Wildman–Crippen MR) is 71.4 cm³/mol. The summed E-state index contributed by atoms with van der Waals surface area (Å²) in [6.45, 7) is 4.48. The van der Waals surface area contributed by atoms with Crippen molar-refractivity contribution in [3.8, 4) is 0 Å². The minimum atomic E-state index is 0.237. The minimum absolute atomic E-state index is 0.237. The van der Waals surface area contributed by atoms with Crippen molar-refractivity contribution in [1.29, 1.82) is 0 Å². The van der Waals surface area contributed by atoms with E-state index in [1.54, 1.807) is 0 Å². The standard InChI is InChI=1S/C13H17IO/c1-13(2,14)12-9-8-11(15-12)10-6-4-3-5-7-10/h3-7,11-12H,8-9H2,1-2H3/t11-,12-/m0/s1. The molecule has 2 rings (SSSR count). The summed E-state index contributed by atoms with van der Waals surface area (Å²) in [4.78, 5) is 0. The highest BCUT2D eigenvalue weighted by atomic mass is 127. The lowest BCUT2D eigenvalue weighted by atomic mass is 10.0. The maximum atomic E-state index is 6.10. The van der Waals surface area contributed by atoms with Crippen LogP contribution in [0.3, 0.4) is 0 Å². The number of alkyl halides is 1. The van der Waals surface area contributed by atoms with Gasteiger partial charge in [-0.05, 0) is 32.3 Å². The van der Waals surface area contributed by atoms with Crippen molar-refractivity contribution in [2.45, 2.75) is 42.3 Å². The summed E-state index contributed by atoms with van der Waals surface area (Å²) in [5, 5.41) is 0. The number of rotatable bonds is 2. The van der Waals surface area contributed by atoms with Gasteiger partial charge in [0.15, 0.2) is 0 Å². The number of hydrogen-bond acceptors (Lipinski definition) is 1.